The Morgan fingerprint density at radius 2 is 1.79 bits per heavy atom. The van der Waals surface area contributed by atoms with Crippen LogP contribution in [0, 0.1) is 0 Å². The van der Waals surface area contributed by atoms with Crippen LogP contribution in [-0.2, 0) is 0 Å². The molecule has 0 saturated carbocycles. The Hall–Kier alpha value is -1.57. The number of benzene rings is 1. The summed E-state index contributed by atoms with van der Waals surface area (Å²) in [4.78, 5) is 0. The molecule has 2 rings (SSSR count). The van der Waals surface area contributed by atoms with E-state index in [1.54, 1.807) is 6.20 Å². The molecular weight excluding hydrogens is 174 g/mol. The Balaban J connectivity index is 2.31. The second kappa shape index (κ2) is 3.66. The topological polar surface area (TPSA) is 26.0 Å². The first-order chi connectivity index (χ1) is 6.77. The highest BCUT2D eigenvalue weighted by Gasteiger charge is 2.02. The second-order valence-electron chi connectivity index (χ2n) is 3.65. The van der Waals surface area contributed by atoms with E-state index in [0.717, 1.165) is 11.3 Å². The fourth-order valence-electron chi connectivity index (χ4n) is 1.40. The Bertz CT molecular complexity index is 387. The van der Waals surface area contributed by atoms with E-state index >= 15 is 0 Å². The highest BCUT2D eigenvalue weighted by molar-refractivity contribution is 5.56. The maximum Gasteiger partial charge on any atom is 0.166 e. The van der Waals surface area contributed by atoms with E-state index in [0.29, 0.717) is 5.92 Å². The Morgan fingerprint density at radius 3 is 2.29 bits per heavy atom. The van der Waals surface area contributed by atoms with Gasteiger partial charge < -0.3 is 4.52 Å². The van der Waals surface area contributed by atoms with Gasteiger partial charge in [0.1, 0.15) is 0 Å². The van der Waals surface area contributed by atoms with E-state index in [-0.39, 0.29) is 0 Å². The van der Waals surface area contributed by atoms with Gasteiger partial charge in [-0.25, -0.2) is 0 Å². The fourth-order valence-corrected chi connectivity index (χ4v) is 1.40. The van der Waals surface area contributed by atoms with Crippen molar-refractivity contribution < 1.29 is 4.52 Å². The van der Waals surface area contributed by atoms with Crippen molar-refractivity contribution in [3.05, 3.63) is 42.1 Å². The van der Waals surface area contributed by atoms with Gasteiger partial charge in [0.05, 0.1) is 6.20 Å². The van der Waals surface area contributed by atoms with Crippen LogP contribution < -0.4 is 0 Å². The molecule has 0 aliphatic carbocycles. The molecule has 2 aromatic rings. The van der Waals surface area contributed by atoms with Crippen LogP contribution in [-0.4, -0.2) is 5.16 Å². The maximum atomic E-state index is 5.07. The van der Waals surface area contributed by atoms with Crippen LogP contribution in [0.25, 0.3) is 11.3 Å². The molecular formula is C12H13NO. The minimum absolute atomic E-state index is 0.568. The third-order valence-electron chi connectivity index (χ3n) is 2.30. The zero-order valence-corrected chi connectivity index (χ0v) is 8.40. The predicted octanol–water partition coefficient (Wildman–Crippen LogP) is 3.47. The summed E-state index contributed by atoms with van der Waals surface area (Å²) in [6, 6.07) is 10.3. The van der Waals surface area contributed by atoms with E-state index in [1.807, 2.05) is 6.07 Å². The number of hydrogen-bond donors (Lipinski definition) is 0. The third kappa shape index (κ3) is 1.69. The molecule has 1 heterocycles. The number of rotatable bonds is 2. The van der Waals surface area contributed by atoms with Crippen molar-refractivity contribution in [1.29, 1.82) is 0 Å². The first-order valence-electron chi connectivity index (χ1n) is 4.78. The van der Waals surface area contributed by atoms with Crippen molar-refractivity contribution in [3.63, 3.8) is 0 Å². The lowest BCUT2D eigenvalue weighted by molar-refractivity contribution is 0.432. The van der Waals surface area contributed by atoms with Crippen molar-refractivity contribution in [3.8, 4) is 11.3 Å². The van der Waals surface area contributed by atoms with Gasteiger partial charge in [0.15, 0.2) is 5.76 Å². The molecule has 0 unspecified atom stereocenters. The monoisotopic (exact) mass is 187 g/mol. The molecule has 72 valence electrons. The Kier molecular flexibility index (Phi) is 2.35. The molecule has 0 spiro atoms. The van der Waals surface area contributed by atoms with Crippen LogP contribution in [0.5, 0.6) is 0 Å². The smallest absolute Gasteiger partial charge is 0.166 e. The lowest BCUT2D eigenvalue weighted by Gasteiger charge is -2.04. The van der Waals surface area contributed by atoms with E-state index in [4.69, 9.17) is 4.52 Å². The summed E-state index contributed by atoms with van der Waals surface area (Å²) in [7, 11) is 0. The molecule has 1 aromatic heterocycles. The molecule has 0 radical (unpaired) electrons. The van der Waals surface area contributed by atoms with Crippen LogP contribution >= 0.6 is 0 Å². The normalized spacial score (nSPS) is 10.8. The van der Waals surface area contributed by atoms with Gasteiger partial charge in [-0.3, -0.25) is 0 Å². The van der Waals surface area contributed by atoms with E-state index in [9.17, 15) is 0 Å². The molecule has 0 aliphatic heterocycles. The van der Waals surface area contributed by atoms with Crippen molar-refractivity contribution in [2.45, 2.75) is 19.8 Å². The molecule has 2 heteroatoms. The van der Waals surface area contributed by atoms with Crippen LogP contribution in [0.15, 0.2) is 41.1 Å². The van der Waals surface area contributed by atoms with Crippen LogP contribution in [0.1, 0.15) is 25.3 Å². The van der Waals surface area contributed by atoms with Crippen LogP contribution in [0.2, 0.25) is 0 Å². The zero-order valence-electron chi connectivity index (χ0n) is 8.40. The minimum atomic E-state index is 0.568. The molecule has 0 aliphatic rings. The largest absolute Gasteiger partial charge is 0.356 e. The van der Waals surface area contributed by atoms with E-state index in [2.05, 4.69) is 43.3 Å². The average Bonchev–Trinajstić information content (AvgIpc) is 2.71. The molecule has 0 fully saturated rings. The standard InChI is InChI=1S/C12H13NO/c1-9(2)10-3-5-11(6-4-10)12-7-8-13-14-12/h3-9H,1-2H3. The Labute approximate surface area is 83.5 Å². The van der Waals surface area contributed by atoms with Gasteiger partial charge in [-0.05, 0) is 11.5 Å². The highest BCUT2D eigenvalue weighted by atomic mass is 16.5. The summed E-state index contributed by atoms with van der Waals surface area (Å²) in [5.41, 5.74) is 2.42. The molecule has 0 N–H and O–H groups in total. The molecule has 0 bridgehead atoms. The van der Waals surface area contributed by atoms with Crippen molar-refractivity contribution in [2.75, 3.05) is 0 Å². The van der Waals surface area contributed by atoms with Crippen LogP contribution in [0.4, 0.5) is 0 Å². The first-order valence-corrected chi connectivity index (χ1v) is 4.78. The van der Waals surface area contributed by atoms with Crippen LogP contribution in [0.3, 0.4) is 0 Å². The molecule has 0 saturated heterocycles. The second-order valence-corrected chi connectivity index (χ2v) is 3.65. The minimum Gasteiger partial charge on any atom is -0.356 e. The summed E-state index contributed by atoms with van der Waals surface area (Å²) in [6.45, 7) is 4.37. The van der Waals surface area contributed by atoms with Gasteiger partial charge in [-0.1, -0.05) is 43.3 Å². The van der Waals surface area contributed by atoms with Gasteiger partial charge in [0.25, 0.3) is 0 Å². The van der Waals surface area contributed by atoms with Crippen molar-refractivity contribution in [1.82, 2.24) is 5.16 Å². The van der Waals surface area contributed by atoms with Crippen molar-refractivity contribution >= 4 is 0 Å². The molecule has 2 nitrogen and oxygen atoms in total. The quantitative estimate of drug-likeness (QED) is 0.719. The number of hydrogen-bond acceptors (Lipinski definition) is 2. The van der Waals surface area contributed by atoms with Gasteiger partial charge in [0, 0.05) is 11.6 Å². The van der Waals surface area contributed by atoms with Gasteiger partial charge in [-0.2, -0.15) is 0 Å². The van der Waals surface area contributed by atoms with Gasteiger partial charge in [0.2, 0.25) is 0 Å². The first kappa shape index (κ1) is 9.00. The highest BCUT2D eigenvalue weighted by Crippen LogP contribution is 2.21. The predicted molar refractivity (Wildman–Crippen MR) is 56.0 cm³/mol. The van der Waals surface area contributed by atoms with Gasteiger partial charge >= 0.3 is 0 Å². The summed E-state index contributed by atoms with van der Waals surface area (Å²) in [5.74, 6) is 1.39. The SMILES string of the molecule is CC(C)c1ccc(-c2ccno2)cc1. The third-order valence-corrected chi connectivity index (χ3v) is 2.30. The van der Waals surface area contributed by atoms with Crippen molar-refractivity contribution in [2.24, 2.45) is 0 Å². The summed E-state index contributed by atoms with van der Waals surface area (Å²) >= 11 is 0. The van der Waals surface area contributed by atoms with E-state index < -0.39 is 0 Å². The summed E-state index contributed by atoms with van der Waals surface area (Å²) in [6.07, 6.45) is 1.66. The Morgan fingerprint density at radius 1 is 1.07 bits per heavy atom. The van der Waals surface area contributed by atoms with Gasteiger partial charge in [-0.15, -0.1) is 0 Å². The average molecular weight is 187 g/mol. The molecule has 0 atom stereocenters. The molecule has 0 amide bonds. The molecule has 1 aromatic carbocycles. The maximum absolute atomic E-state index is 5.07. The number of nitrogens with zero attached hydrogens (tertiary/aromatic N) is 1. The summed E-state index contributed by atoms with van der Waals surface area (Å²) in [5, 5.41) is 3.68. The lowest BCUT2D eigenvalue weighted by Crippen LogP contribution is -1.85. The lowest BCUT2D eigenvalue weighted by atomic mass is 10.0. The molecule has 14 heavy (non-hydrogen) atoms. The van der Waals surface area contributed by atoms with E-state index in [1.165, 1.54) is 5.56 Å². The fraction of sp³-hybridized carbons (Fsp3) is 0.250. The number of aromatic nitrogens is 1. The zero-order chi connectivity index (χ0) is 9.97. The summed E-state index contributed by atoms with van der Waals surface area (Å²) < 4.78 is 5.07.